The normalized spacial score (nSPS) is 11.6. The Kier molecular flexibility index (Phi) is 4.89. The molecule has 0 spiro atoms. The first-order valence-electron chi connectivity index (χ1n) is 7.45. The van der Waals surface area contributed by atoms with Gasteiger partial charge in [0.15, 0.2) is 11.6 Å². The van der Waals surface area contributed by atoms with Gasteiger partial charge in [0.2, 0.25) is 0 Å². The predicted octanol–water partition coefficient (Wildman–Crippen LogP) is 3.72. The van der Waals surface area contributed by atoms with Crippen LogP contribution in [0.3, 0.4) is 0 Å². The monoisotopic (exact) mass is 432 g/mol. The third-order valence-electron chi connectivity index (χ3n) is 3.48. The maximum absolute atomic E-state index is 4.43. The number of anilines is 1. The van der Waals surface area contributed by atoms with Crippen molar-refractivity contribution in [3.8, 4) is 5.82 Å². The molecule has 0 saturated heterocycles. The topological polar surface area (TPSA) is 68.0 Å². The summed E-state index contributed by atoms with van der Waals surface area (Å²) >= 11 is 2.28. The average Bonchev–Trinajstić information content (AvgIpc) is 2.92. The number of halogens is 1. The molecule has 7 heteroatoms. The smallest absolute Gasteiger partial charge is 0.159 e. The fourth-order valence-electron chi connectivity index (χ4n) is 2.28. The van der Waals surface area contributed by atoms with Crippen molar-refractivity contribution in [3.63, 3.8) is 0 Å². The summed E-state index contributed by atoms with van der Waals surface area (Å²) in [5, 5.41) is 8.84. The van der Waals surface area contributed by atoms with Gasteiger partial charge in [0.1, 0.15) is 6.33 Å². The van der Waals surface area contributed by atoms with Gasteiger partial charge in [0.25, 0.3) is 0 Å². The first kappa shape index (κ1) is 16.6. The van der Waals surface area contributed by atoms with E-state index in [2.05, 4.69) is 60.3 Å². The summed E-state index contributed by atoms with van der Waals surface area (Å²) in [6.45, 7) is 5.91. The number of hydrogen-bond donors (Lipinski definition) is 1. The summed E-state index contributed by atoms with van der Waals surface area (Å²) in [7, 11) is 0. The molecule has 3 aromatic rings. The third kappa shape index (κ3) is 3.78. The number of aromatic nitrogens is 4. The van der Waals surface area contributed by atoms with Crippen LogP contribution in [0.15, 0.2) is 47.8 Å². The Labute approximate surface area is 154 Å². The molecule has 1 N–H and O–H groups in total. The van der Waals surface area contributed by atoms with E-state index >= 15 is 0 Å². The van der Waals surface area contributed by atoms with Crippen LogP contribution in [-0.4, -0.2) is 25.5 Å². The molecule has 122 valence electrons. The molecule has 1 aromatic carbocycles. The maximum atomic E-state index is 4.43. The van der Waals surface area contributed by atoms with E-state index in [1.807, 2.05) is 45.0 Å². The van der Waals surface area contributed by atoms with Crippen LogP contribution >= 0.6 is 22.6 Å². The molecule has 0 atom stereocenters. The number of hydrazone groups is 1. The van der Waals surface area contributed by atoms with Crippen molar-refractivity contribution in [1.29, 1.82) is 0 Å². The average molecular weight is 432 g/mol. The fraction of sp³-hybridized carbons (Fsp3) is 0.176. The number of hydrogen-bond acceptors (Lipinski definition) is 5. The van der Waals surface area contributed by atoms with Gasteiger partial charge in [-0.25, -0.2) is 14.6 Å². The second kappa shape index (κ2) is 7.08. The van der Waals surface area contributed by atoms with E-state index in [4.69, 9.17) is 0 Å². The van der Waals surface area contributed by atoms with Crippen LogP contribution in [0, 0.1) is 17.4 Å². The first-order chi connectivity index (χ1) is 11.5. The summed E-state index contributed by atoms with van der Waals surface area (Å²) in [5.41, 5.74) is 6.92. The lowest BCUT2D eigenvalue weighted by Gasteiger charge is -2.06. The van der Waals surface area contributed by atoms with E-state index in [0.29, 0.717) is 11.6 Å². The Balaban J connectivity index is 1.81. The highest BCUT2D eigenvalue weighted by atomic mass is 127. The van der Waals surface area contributed by atoms with E-state index in [1.165, 1.54) is 9.90 Å². The summed E-state index contributed by atoms with van der Waals surface area (Å²) < 4.78 is 2.99. The van der Waals surface area contributed by atoms with Gasteiger partial charge in [0, 0.05) is 15.3 Å². The first-order valence-corrected chi connectivity index (χ1v) is 8.53. The zero-order valence-corrected chi connectivity index (χ0v) is 15.8. The number of aryl methyl sites for hydroxylation is 2. The van der Waals surface area contributed by atoms with E-state index < -0.39 is 0 Å². The van der Waals surface area contributed by atoms with Gasteiger partial charge in [0.05, 0.1) is 11.4 Å². The third-order valence-corrected chi connectivity index (χ3v) is 4.20. The van der Waals surface area contributed by atoms with E-state index in [9.17, 15) is 0 Å². The maximum Gasteiger partial charge on any atom is 0.159 e. The van der Waals surface area contributed by atoms with E-state index in [1.54, 1.807) is 4.68 Å². The van der Waals surface area contributed by atoms with Gasteiger partial charge in [-0.3, -0.25) is 5.43 Å². The summed E-state index contributed by atoms with van der Waals surface area (Å²) in [6, 6.07) is 12.0. The van der Waals surface area contributed by atoms with Crippen LogP contribution < -0.4 is 5.43 Å². The zero-order chi connectivity index (χ0) is 17.1. The van der Waals surface area contributed by atoms with Crippen molar-refractivity contribution in [2.75, 3.05) is 5.43 Å². The van der Waals surface area contributed by atoms with Crippen LogP contribution in [0.5, 0.6) is 0 Å². The Hall–Kier alpha value is -2.29. The minimum atomic E-state index is 0.623. The van der Waals surface area contributed by atoms with Crippen LogP contribution in [0.4, 0.5) is 5.82 Å². The summed E-state index contributed by atoms with van der Waals surface area (Å²) in [6.07, 6.45) is 1.50. The highest BCUT2D eigenvalue weighted by molar-refractivity contribution is 14.1. The largest absolute Gasteiger partial charge is 0.261 e. The Morgan fingerprint density at radius 3 is 2.54 bits per heavy atom. The summed E-state index contributed by atoms with van der Waals surface area (Å²) in [5.74, 6) is 1.33. The standard InChI is InChI=1S/C17H17IN6/c1-11-8-12(2)24(23-11)17-9-16(19-10-20-17)22-21-13(3)14-4-6-15(18)7-5-14/h4-10H,1-3H3,(H,19,20,22). The minimum absolute atomic E-state index is 0.623. The van der Waals surface area contributed by atoms with Crippen molar-refractivity contribution in [2.45, 2.75) is 20.8 Å². The molecular weight excluding hydrogens is 415 g/mol. The van der Waals surface area contributed by atoms with Crippen LogP contribution in [0.25, 0.3) is 5.82 Å². The molecule has 2 heterocycles. The lowest BCUT2D eigenvalue weighted by atomic mass is 10.1. The lowest BCUT2D eigenvalue weighted by molar-refractivity contribution is 0.801. The second-order valence-corrected chi connectivity index (χ2v) is 6.66. The van der Waals surface area contributed by atoms with E-state index in [-0.39, 0.29) is 0 Å². The Bertz CT molecular complexity index is 882. The molecule has 24 heavy (non-hydrogen) atoms. The molecule has 0 aliphatic carbocycles. The van der Waals surface area contributed by atoms with Crippen LogP contribution in [0.2, 0.25) is 0 Å². The molecule has 0 unspecified atom stereocenters. The molecule has 0 fully saturated rings. The molecule has 0 saturated carbocycles. The van der Waals surface area contributed by atoms with Crippen LogP contribution in [-0.2, 0) is 0 Å². The molecule has 0 aliphatic heterocycles. The molecular formula is C17H17IN6. The Morgan fingerprint density at radius 2 is 1.88 bits per heavy atom. The van der Waals surface area contributed by atoms with Gasteiger partial charge in [-0.1, -0.05) is 12.1 Å². The highest BCUT2D eigenvalue weighted by Gasteiger charge is 2.06. The van der Waals surface area contributed by atoms with Crippen molar-refractivity contribution < 1.29 is 0 Å². The molecule has 2 aromatic heterocycles. The highest BCUT2D eigenvalue weighted by Crippen LogP contribution is 2.13. The molecule has 0 amide bonds. The molecule has 6 nitrogen and oxygen atoms in total. The second-order valence-electron chi connectivity index (χ2n) is 5.42. The van der Waals surface area contributed by atoms with Gasteiger partial charge in [-0.2, -0.15) is 10.2 Å². The number of nitrogens with zero attached hydrogens (tertiary/aromatic N) is 5. The van der Waals surface area contributed by atoms with Crippen molar-refractivity contribution in [1.82, 2.24) is 19.7 Å². The molecule has 0 aliphatic rings. The van der Waals surface area contributed by atoms with Crippen molar-refractivity contribution in [3.05, 3.63) is 63.2 Å². The lowest BCUT2D eigenvalue weighted by Crippen LogP contribution is -2.05. The predicted molar refractivity (Wildman–Crippen MR) is 104 cm³/mol. The molecule has 3 rings (SSSR count). The van der Waals surface area contributed by atoms with Crippen molar-refractivity contribution in [2.24, 2.45) is 5.10 Å². The minimum Gasteiger partial charge on any atom is -0.261 e. The molecule has 0 bridgehead atoms. The van der Waals surface area contributed by atoms with Gasteiger partial charge < -0.3 is 0 Å². The van der Waals surface area contributed by atoms with Crippen LogP contribution in [0.1, 0.15) is 23.9 Å². The summed E-state index contributed by atoms with van der Waals surface area (Å²) in [4.78, 5) is 8.49. The number of benzene rings is 1. The van der Waals surface area contributed by atoms with E-state index in [0.717, 1.165) is 22.7 Å². The fourth-order valence-corrected chi connectivity index (χ4v) is 2.64. The number of nitrogens with one attached hydrogen (secondary N) is 1. The number of rotatable bonds is 4. The SMILES string of the molecule is CC(=NNc1cc(-n2nc(C)cc2C)ncn1)c1ccc(I)cc1. The Morgan fingerprint density at radius 1 is 1.12 bits per heavy atom. The van der Waals surface area contributed by atoms with Crippen molar-refractivity contribution >= 4 is 34.1 Å². The van der Waals surface area contributed by atoms with Gasteiger partial charge in [-0.05, 0) is 67.1 Å². The quantitative estimate of drug-likeness (QED) is 0.388. The molecule has 0 radical (unpaired) electrons. The van der Waals surface area contributed by atoms with Gasteiger partial charge >= 0.3 is 0 Å². The van der Waals surface area contributed by atoms with Gasteiger partial charge in [-0.15, -0.1) is 0 Å². The zero-order valence-electron chi connectivity index (χ0n) is 13.7.